The summed E-state index contributed by atoms with van der Waals surface area (Å²) in [4.78, 5) is 49.1. The largest absolute Gasteiger partial charge is 0.480 e. The van der Waals surface area contributed by atoms with Crippen LogP contribution in [0.15, 0.2) is 0 Å². The van der Waals surface area contributed by atoms with Crippen LogP contribution < -0.4 is 28.3 Å². The summed E-state index contributed by atoms with van der Waals surface area (Å²) in [5.74, 6) is -4.24. The van der Waals surface area contributed by atoms with Gasteiger partial charge in [-0.15, -0.1) is 0 Å². The van der Waals surface area contributed by atoms with Gasteiger partial charge in [0.1, 0.15) is 24.2 Å². The Hall–Kier alpha value is -2.54. The molecule has 1 aliphatic heterocycles. The molecule has 0 saturated carbocycles. The summed E-state index contributed by atoms with van der Waals surface area (Å²) >= 11 is 3.65. The number of carboxylic acid groups (broad SMARTS) is 5. The van der Waals surface area contributed by atoms with Crippen LogP contribution in [0.3, 0.4) is 0 Å². The van der Waals surface area contributed by atoms with E-state index in [1.165, 1.54) is 6.92 Å². The quantitative estimate of drug-likeness (QED) is 0.128. The second kappa shape index (κ2) is 25.1. The van der Waals surface area contributed by atoms with Crippen molar-refractivity contribution in [2.45, 2.75) is 70.3 Å². The van der Waals surface area contributed by atoms with Crippen molar-refractivity contribution in [3.8, 4) is 0 Å². The second-order valence-electron chi connectivity index (χ2n) is 7.89. The zero-order valence-electron chi connectivity index (χ0n) is 21.2. The number of hydrogen-bond donors (Lipinski definition) is 12. The molecule has 220 valence electrons. The lowest BCUT2D eigenvalue weighted by molar-refractivity contribution is -0.141. The van der Waals surface area contributed by atoms with E-state index in [9.17, 15) is 24.0 Å². The Morgan fingerprint density at radius 3 is 1.41 bits per heavy atom. The minimum absolute atomic E-state index is 0.190. The van der Waals surface area contributed by atoms with Crippen molar-refractivity contribution < 1.29 is 54.6 Å². The van der Waals surface area contributed by atoms with Crippen LogP contribution in [0.5, 0.6) is 0 Å². The first-order valence-electron chi connectivity index (χ1n) is 11.0. The van der Waals surface area contributed by atoms with Gasteiger partial charge in [-0.05, 0) is 38.6 Å². The Balaban J connectivity index is -0.000000186. The van der Waals surface area contributed by atoms with Crippen molar-refractivity contribution in [3.05, 3.63) is 0 Å². The summed E-state index contributed by atoms with van der Waals surface area (Å²) in [5, 5.41) is 51.7. The van der Waals surface area contributed by atoms with Crippen molar-refractivity contribution >= 4 is 42.5 Å². The standard InChI is InChI=1S/C6H13NO2.C5H9NO2.C4H9NO3.C3H7NO2S.C2H5NO2/c1-4(2)3-5(7)6(8)9;7-5(8)4-2-1-3-6-4;1-2(6)3(5)4(7)8;4-2(1-7)3(5)6;3-1-2(4)5/h4-5H,3,7H2,1-2H3,(H,8,9);4,6H,1-3H2,(H,7,8);2-3,6H,5H2,1H3,(H,7,8);2,7H,1,4H2,(H,5,6);1,3H2,(H,4,5)/t5-;4-;2-,3+;2-;/m0010./s1. The molecule has 1 saturated heterocycles. The predicted molar refractivity (Wildman–Crippen MR) is 137 cm³/mol. The molecule has 1 fully saturated rings. The molecule has 0 aromatic carbocycles. The molecule has 0 amide bonds. The number of hydrogen-bond acceptors (Lipinski definition) is 12. The maximum Gasteiger partial charge on any atom is 0.323 e. The van der Waals surface area contributed by atoms with E-state index in [1.54, 1.807) is 0 Å². The molecule has 17 heteroatoms. The Labute approximate surface area is 220 Å². The number of carbonyl (C=O) groups is 5. The van der Waals surface area contributed by atoms with Gasteiger partial charge in [-0.2, -0.15) is 12.6 Å². The van der Waals surface area contributed by atoms with Gasteiger partial charge in [0.2, 0.25) is 0 Å². The van der Waals surface area contributed by atoms with Crippen LogP contribution in [0.2, 0.25) is 0 Å². The molecule has 1 heterocycles. The maximum absolute atomic E-state index is 10.1. The zero-order valence-corrected chi connectivity index (χ0v) is 22.1. The molecule has 0 spiro atoms. The SMILES string of the molecule is CC(C)C[C@H](N)C(=O)O.C[C@@H](O)[C@H](N)C(=O)O.NCC(=O)O.N[C@@H](CS)C(=O)O.O=C(O)[C@@H]1CCCN1. The monoisotopic (exact) mass is 561 g/mol. The topological polar surface area (TPSA) is 323 Å². The smallest absolute Gasteiger partial charge is 0.323 e. The van der Waals surface area contributed by atoms with E-state index < -0.39 is 54.1 Å². The van der Waals surface area contributed by atoms with Gasteiger partial charge >= 0.3 is 29.8 Å². The van der Waals surface area contributed by atoms with E-state index >= 15 is 0 Å². The highest BCUT2D eigenvalue weighted by molar-refractivity contribution is 7.80. The third-order valence-corrected chi connectivity index (χ3v) is 4.29. The van der Waals surface area contributed by atoms with Gasteiger partial charge in [0.05, 0.1) is 12.6 Å². The molecule has 0 radical (unpaired) electrons. The number of carboxylic acids is 5. The van der Waals surface area contributed by atoms with Crippen molar-refractivity contribution in [1.29, 1.82) is 0 Å². The van der Waals surface area contributed by atoms with Crippen LogP contribution in [0.1, 0.15) is 40.0 Å². The summed E-state index contributed by atoms with van der Waals surface area (Å²) in [6.45, 7) is 5.81. The first-order valence-corrected chi connectivity index (χ1v) is 11.6. The number of nitrogens with one attached hydrogen (secondary N) is 1. The first kappa shape index (κ1) is 41.6. The number of thiol groups is 1. The minimum atomic E-state index is -1.18. The third kappa shape index (κ3) is 31.4. The molecule has 37 heavy (non-hydrogen) atoms. The Morgan fingerprint density at radius 2 is 1.32 bits per heavy atom. The highest BCUT2D eigenvalue weighted by atomic mass is 32.1. The lowest BCUT2D eigenvalue weighted by Crippen LogP contribution is -2.39. The number of rotatable bonds is 9. The average Bonchev–Trinajstić information content (AvgIpc) is 3.34. The minimum Gasteiger partial charge on any atom is -0.480 e. The molecule has 1 rings (SSSR count). The fourth-order valence-electron chi connectivity index (χ4n) is 1.79. The van der Waals surface area contributed by atoms with Gasteiger partial charge in [-0.25, -0.2) is 0 Å². The second-order valence-corrected chi connectivity index (χ2v) is 8.26. The number of aliphatic hydroxyl groups is 1. The highest BCUT2D eigenvalue weighted by Crippen LogP contribution is 2.03. The summed E-state index contributed by atoms with van der Waals surface area (Å²) in [7, 11) is 0. The van der Waals surface area contributed by atoms with Crippen molar-refractivity contribution in [2.24, 2.45) is 28.9 Å². The van der Waals surface area contributed by atoms with Crippen LogP contribution >= 0.6 is 12.6 Å². The molecular weight excluding hydrogens is 518 g/mol. The lowest BCUT2D eigenvalue weighted by Gasteiger charge is -2.07. The van der Waals surface area contributed by atoms with Gasteiger partial charge in [0.25, 0.3) is 0 Å². The van der Waals surface area contributed by atoms with Crippen LogP contribution in [0.25, 0.3) is 0 Å². The van der Waals surface area contributed by atoms with Gasteiger partial charge in [-0.3, -0.25) is 24.0 Å². The number of aliphatic carboxylic acids is 5. The van der Waals surface area contributed by atoms with Gasteiger partial charge in [0, 0.05) is 5.75 Å². The molecular formula is C20H43N5O11S. The van der Waals surface area contributed by atoms with Crippen LogP contribution in [0, 0.1) is 5.92 Å². The van der Waals surface area contributed by atoms with Crippen molar-refractivity contribution in [1.82, 2.24) is 5.32 Å². The molecule has 1 aliphatic rings. The van der Waals surface area contributed by atoms with E-state index in [0.29, 0.717) is 12.3 Å². The predicted octanol–water partition coefficient (Wildman–Crippen LogP) is -2.60. The Kier molecular flexibility index (Phi) is 28.2. The summed E-state index contributed by atoms with van der Waals surface area (Å²) < 4.78 is 0. The van der Waals surface area contributed by atoms with E-state index in [4.69, 9.17) is 47.8 Å². The molecule has 0 bridgehead atoms. The van der Waals surface area contributed by atoms with E-state index in [0.717, 1.165) is 19.4 Å². The lowest BCUT2D eigenvalue weighted by atomic mass is 10.1. The van der Waals surface area contributed by atoms with Crippen LogP contribution in [0.4, 0.5) is 0 Å². The Bertz CT molecular complexity index is 651. The van der Waals surface area contributed by atoms with Crippen LogP contribution in [-0.2, 0) is 24.0 Å². The van der Waals surface area contributed by atoms with E-state index in [1.807, 2.05) is 13.8 Å². The molecule has 0 aliphatic carbocycles. The van der Waals surface area contributed by atoms with E-state index in [2.05, 4.69) is 23.7 Å². The van der Waals surface area contributed by atoms with E-state index in [-0.39, 0.29) is 18.3 Å². The molecule has 0 aromatic rings. The fraction of sp³-hybridized carbons (Fsp3) is 0.750. The third-order valence-electron chi connectivity index (χ3n) is 3.89. The average molecular weight is 562 g/mol. The number of nitrogens with two attached hydrogens (primary N) is 4. The fourth-order valence-corrected chi connectivity index (χ4v) is 1.94. The summed E-state index contributed by atoms with van der Waals surface area (Å²) in [6.07, 6.45) is 1.36. The number of aliphatic hydroxyl groups excluding tert-OH is 1. The maximum atomic E-state index is 10.1. The molecule has 15 N–H and O–H groups in total. The van der Waals surface area contributed by atoms with Gasteiger partial charge in [-0.1, -0.05) is 13.8 Å². The van der Waals surface area contributed by atoms with Gasteiger partial charge < -0.3 is 58.9 Å². The molecule has 16 nitrogen and oxygen atoms in total. The zero-order chi connectivity index (χ0) is 30.3. The normalized spacial score (nSPS) is 16.8. The molecule has 0 unspecified atom stereocenters. The van der Waals surface area contributed by atoms with Gasteiger partial charge in [0.15, 0.2) is 0 Å². The van der Waals surface area contributed by atoms with Crippen LogP contribution in [-0.4, -0.2) is 110 Å². The summed E-state index contributed by atoms with van der Waals surface area (Å²) in [6, 6.07) is -2.93. The van der Waals surface area contributed by atoms with Crippen molar-refractivity contribution in [2.75, 3.05) is 18.8 Å². The summed E-state index contributed by atoms with van der Waals surface area (Å²) in [5.41, 5.74) is 19.6. The molecule has 0 aromatic heterocycles. The highest BCUT2D eigenvalue weighted by Gasteiger charge is 2.20. The first-order chi connectivity index (χ1) is 16.8. The Morgan fingerprint density at radius 1 is 0.892 bits per heavy atom. The molecule has 5 atom stereocenters. The van der Waals surface area contributed by atoms with Crippen molar-refractivity contribution in [3.63, 3.8) is 0 Å².